The van der Waals surface area contributed by atoms with E-state index in [0.29, 0.717) is 11.3 Å². The van der Waals surface area contributed by atoms with Gasteiger partial charge in [0.1, 0.15) is 5.75 Å². The number of aryl methyl sites for hydroxylation is 2. The maximum Gasteiger partial charge on any atom is 0.252 e. The van der Waals surface area contributed by atoms with E-state index in [2.05, 4.69) is 21.2 Å². The van der Waals surface area contributed by atoms with Gasteiger partial charge in [-0.15, -0.1) is 0 Å². The van der Waals surface area contributed by atoms with Gasteiger partial charge in [0.2, 0.25) is 0 Å². The minimum atomic E-state index is -0.510. The highest BCUT2D eigenvalue weighted by molar-refractivity contribution is 5.96. The van der Waals surface area contributed by atoms with Gasteiger partial charge in [-0.25, -0.2) is 0 Å². The zero-order valence-corrected chi connectivity index (χ0v) is 15.3. The van der Waals surface area contributed by atoms with Crippen molar-refractivity contribution >= 4 is 5.91 Å². The van der Waals surface area contributed by atoms with Gasteiger partial charge in [0, 0.05) is 34.8 Å². The number of hydrogen-bond acceptors (Lipinski definition) is 4. The molecule has 3 N–H and O–H groups in total. The third-order valence-corrected chi connectivity index (χ3v) is 4.10. The van der Waals surface area contributed by atoms with E-state index in [-0.39, 0.29) is 6.10 Å². The predicted octanol–water partition coefficient (Wildman–Crippen LogP) is 3.64. The average molecular weight is 350 g/mol. The molecule has 0 unspecified atom stereocenters. The van der Waals surface area contributed by atoms with Crippen LogP contribution in [0.2, 0.25) is 0 Å². The molecular weight excluding hydrogens is 328 g/mol. The fourth-order valence-electron chi connectivity index (χ4n) is 2.97. The number of pyridine rings is 1. The molecule has 1 aromatic carbocycles. The Morgan fingerprint density at radius 1 is 1.12 bits per heavy atom. The Labute approximate surface area is 152 Å². The molecule has 0 fully saturated rings. The number of aromatic amines is 1. The molecule has 26 heavy (non-hydrogen) atoms. The number of primary amides is 1. The average Bonchev–Trinajstić information content (AvgIpc) is 2.93. The Kier molecular flexibility index (Phi) is 4.75. The maximum atomic E-state index is 11.7. The van der Waals surface area contributed by atoms with E-state index in [1.165, 1.54) is 0 Å². The first kappa shape index (κ1) is 17.7. The molecule has 0 radical (unpaired) electrons. The first-order chi connectivity index (χ1) is 12.4. The molecule has 0 saturated carbocycles. The Balaban J connectivity index is 2.07. The topological polar surface area (TPSA) is 93.9 Å². The van der Waals surface area contributed by atoms with Gasteiger partial charge in [0.25, 0.3) is 5.91 Å². The van der Waals surface area contributed by atoms with E-state index in [0.717, 1.165) is 33.6 Å². The number of nitrogens with zero attached hydrogens (tertiary/aromatic N) is 2. The second-order valence-electron chi connectivity index (χ2n) is 6.51. The molecule has 0 spiro atoms. The Hall–Kier alpha value is -3.15. The van der Waals surface area contributed by atoms with Crippen LogP contribution in [0.15, 0.2) is 36.7 Å². The number of nitrogens with two attached hydrogens (primary N) is 1. The van der Waals surface area contributed by atoms with E-state index in [9.17, 15) is 4.79 Å². The van der Waals surface area contributed by atoms with Crippen LogP contribution in [0.4, 0.5) is 0 Å². The molecule has 3 aromatic rings. The zero-order valence-electron chi connectivity index (χ0n) is 15.3. The van der Waals surface area contributed by atoms with Gasteiger partial charge in [-0.05, 0) is 51.5 Å². The molecule has 134 valence electrons. The van der Waals surface area contributed by atoms with Crippen LogP contribution in [0.3, 0.4) is 0 Å². The van der Waals surface area contributed by atoms with Crippen molar-refractivity contribution in [2.75, 3.05) is 0 Å². The number of benzene rings is 1. The van der Waals surface area contributed by atoms with Crippen molar-refractivity contribution in [1.29, 1.82) is 0 Å². The van der Waals surface area contributed by atoms with Gasteiger partial charge in [-0.2, -0.15) is 5.10 Å². The quantitative estimate of drug-likeness (QED) is 0.734. The van der Waals surface area contributed by atoms with Crippen molar-refractivity contribution in [1.82, 2.24) is 15.2 Å². The maximum absolute atomic E-state index is 11.7. The van der Waals surface area contributed by atoms with Crippen LogP contribution in [-0.4, -0.2) is 27.2 Å². The molecule has 6 nitrogen and oxygen atoms in total. The third-order valence-electron chi connectivity index (χ3n) is 4.10. The van der Waals surface area contributed by atoms with Crippen LogP contribution in [0.5, 0.6) is 5.75 Å². The summed E-state index contributed by atoms with van der Waals surface area (Å²) >= 11 is 0. The summed E-state index contributed by atoms with van der Waals surface area (Å²) in [6, 6.07) is 7.42. The third kappa shape index (κ3) is 3.44. The Morgan fingerprint density at radius 3 is 2.46 bits per heavy atom. The highest BCUT2D eigenvalue weighted by Crippen LogP contribution is 2.31. The zero-order chi connectivity index (χ0) is 18.8. The number of aromatic nitrogens is 3. The van der Waals surface area contributed by atoms with Crippen LogP contribution in [0, 0.1) is 13.8 Å². The van der Waals surface area contributed by atoms with Gasteiger partial charge >= 0.3 is 0 Å². The first-order valence-electron chi connectivity index (χ1n) is 8.44. The number of carbonyl (C=O) groups is 1. The molecule has 0 atom stereocenters. The highest BCUT2D eigenvalue weighted by Gasteiger charge is 2.14. The summed E-state index contributed by atoms with van der Waals surface area (Å²) in [5, 5.41) is 7.24. The molecule has 2 heterocycles. The van der Waals surface area contributed by atoms with Crippen molar-refractivity contribution in [3.05, 3.63) is 53.6 Å². The number of carbonyl (C=O) groups excluding carboxylic acids is 1. The van der Waals surface area contributed by atoms with Gasteiger partial charge in [0.05, 0.1) is 17.4 Å². The number of nitrogens with one attached hydrogen (secondary N) is 1. The second-order valence-corrected chi connectivity index (χ2v) is 6.51. The molecule has 0 aliphatic carbocycles. The molecule has 6 heteroatoms. The summed E-state index contributed by atoms with van der Waals surface area (Å²) < 4.78 is 5.77. The van der Waals surface area contributed by atoms with Crippen molar-refractivity contribution in [3.8, 4) is 28.0 Å². The van der Waals surface area contributed by atoms with E-state index in [1.54, 1.807) is 12.3 Å². The summed E-state index contributed by atoms with van der Waals surface area (Å²) in [4.78, 5) is 16.0. The minimum absolute atomic E-state index is 0.0657. The number of H-pyrrole nitrogens is 1. The molecule has 1 amide bonds. The lowest BCUT2D eigenvalue weighted by Crippen LogP contribution is -2.15. The summed E-state index contributed by atoms with van der Waals surface area (Å²) in [5.74, 6) is -0.0326. The van der Waals surface area contributed by atoms with E-state index in [1.807, 2.05) is 46.0 Å². The highest BCUT2D eigenvalue weighted by atomic mass is 16.5. The van der Waals surface area contributed by atoms with Crippen LogP contribution in [0.25, 0.3) is 22.3 Å². The van der Waals surface area contributed by atoms with Crippen molar-refractivity contribution in [2.24, 2.45) is 5.73 Å². The van der Waals surface area contributed by atoms with Gasteiger partial charge in [-0.1, -0.05) is 6.07 Å². The summed E-state index contributed by atoms with van der Waals surface area (Å²) in [6.45, 7) is 7.76. The molecule has 0 bridgehead atoms. The fraction of sp³-hybridized carbons (Fsp3) is 0.250. The smallest absolute Gasteiger partial charge is 0.252 e. The van der Waals surface area contributed by atoms with Crippen LogP contribution < -0.4 is 10.5 Å². The Morgan fingerprint density at radius 2 is 1.85 bits per heavy atom. The molecule has 0 aliphatic heterocycles. The van der Waals surface area contributed by atoms with E-state index in [4.69, 9.17) is 10.5 Å². The number of amides is 1. The van der Waals surface area contributed by atoms with Gasteiger partial charge < -0.3 is 10.5 Å². The van der Waals surface area contributed by atoms with Gasteiger partial charge in [-0.3, -0.25) is 14.9 Å². The first-order valence-corrected chi connectivity index (χ1v) is 8.44. The summed E-state index contributed by atoms with van der Waals surface area (Å²) in [7, 11) is 0. The van der Waals surface area contributed by atoms with Gasteiger partial charge in [0.15, 0.2) is 0 Å². The fourth-order valence-corrected chi connectivity index (χ4v) is 2.97. The number of hydrogen-bond donors (Lipinski definition) is 2. The minimum Gasteiger partial charge on any atom is -0.490 e. The van der Waals surface area contributed by atoms with Crippen molar-refractivity contribution in [2.45, 2.75) is 33.8 Å². The predicted molar refractivity (Wildman–Crippen MR) is 101 cm³/mol. The monoisotopic (exact) mass is 350 g/mol. The largest absolute Gasteiger partial charge is 0.490 e. The summed E-state index contributed by atoms with van der Waals surface area (Å²) in [6.07, 6.45) is 3.54. The molecule has 3 rings (SSSR count). The number of rotatable bonds is 5. The molecular formula is C20H22N4O2. The van der Waals surface area contributed by atoms with Crippen molar-refractivity contribution < 1.29 is 9.53 Å². The lowest BCUT2D eigenvalue weighted by Gasteiger charge is -2.14. The van der Waals surface area contributed by atoms with Crippen LogP contribution >= 0.6 is 0 Å². The van der Waals surface area contributed by atoms with Crippen LogP contribution in [-0.2, 0) is 0 Å². The summed E-state index contributed by atoms with van der Waals surface area (Å²) in [5.41, 5.74) is 11.6. The standard InChI is InChI=1S/C20H22N4O2/c1-11(2)26-18-8-14(5-6-17(18)20(21)25)15-7-16(10-22-9-15)19-12(3)23-24-13(19)4/h5-11H,1-4H3,(H2,21,25)(H,23,24). The normalized spacial score (nSPS) is 11.0. The number of ether oxygens (including phenoxy) is 1. The second kappa shape index (κ2) is 7.00. The van der Waals surface area contributed by atoms with E-state index >= 15 is 0 Å². The SMILES string of the molecule is Cc1n[nH]c(C)c1-c1cncc(-c2ccc(C(N)=O)c(OC(C)C)c2)c1. The van der Waals surface area contributed by atoms with Crippen molar-refractivity contribution in [3.63, 3.8) is 0 Å². The van der Waals surface area contributed by atoms with E-state index < -0.39 is 5.91 Å². The molecule has 0 saturated heterocycles. The lowest BCUT2D eigenvalue weighted by molar-refractivity contribution is 0.0994. The Bertz CT molecular complexity index is 941. The lowest BCUT2D eigenvalue weighted by atomic mass is 9.99. The van der Waals surface area contributed by atoms with Crippen LogP contribution in [0.1, 0.15) is 35.6 Å². The molecule has 2 aromatic heterocycles. The molecule has 0 aliphatic rings.